The fourth-order valence-corrected chi connectivity index (χ4v) is 3.40. The van der Waals surface area contributed by atoms with Crippen LogP contribution in [0.2, 0.25) is 0 Å². The van der Waals surface area contributed by atoms with Crippen molar-refractivity contribution in [1.29, 1.82) is 0 Å². The van der Waals surface area contributed by atoms with Gasteiger partial charge in [0.2, 0.25) is 0 Å². The Bertz CT molecular complexity index is 692. The van der Waals surface area contributed by atoms with Crippen LogP contribution in [0.4, 0.5) is 0 Å². The van der Waals surface area contributed by atoms with E-state index in [0.29, 0.717) is 25.0 Å². The molecule has 0 spiro atoms. The van der Waals surface area contributed by atoms with E-state index in [9.17, 15) is 8.42 Å². The fraction of sp³-hybridized carbons (Fsp3) is 0.650. The van der Waals surface area contributed by atoms with E-state index in [2.05, 4.69) is 34.7 Å². The maximum Gasteiger partial charge on any atom is 0.191 e. The minimum atomic E-state index is -3.14. The average Bonchev–Trinajstić information content (AvgIpc) is 2.60. The lowest BCUT2D eigenvalue weighted by atomic mass is 9.98. The van der Waals surface area contributed by atoms with E-state index in [-0.39, 0.29) is 5.75 Å². The largest absolute Gasteiger partial charge is 0.497 e. The summed E-state index contributed by atoms with van der Waals surface area (Å²) in [7, 11) is -1.48. The van der Waals surface area contributed by atoms with E-state index in [4.69, 9.17) is 4.74 Å². The number of nitrogens with zero attached hydrogens (tertiary/aromatic N) is 1. The first-order valence-electron chi connectivity index (χ1n) is 9.49. The molecule has 1 rings (SSSR count). The third-order valence-electron chi connectivity index (χ3n) is 4.46. The van der Waals surface area contributed by atoms with Crippen LogP contribution in [-0.2, 0) is 9.84 Å². The normalized spacial score (nSPS) is 13.9. The number of methoxy groups -OCH3 is 1. The summed E-state index contributed by atoms with van der Waals surface area (Å²) in [4.78, 5) is 4.57. The van der Waals surface area contributed by atoms with Crippen molar-refractivity contribution >= 4 is 15.8 Å². The summed E-state index contributed by atoms with van der Waals surface area (Å²) in [5.41, 5.74) is 1.25. The fourth-order valence-electron chi connectivity index (χ4n) is 2.42. The van der Waals surface area contributed by atoms with Crippen molar-refractivity contribution in [3.05, 3.63) is 29.8 Å². The van der Waals surface area contributed by atoms with E-state index in [0.717, 1.165) is 18.7 Å². The Kier molecular flexibility index (Phi) is 9.09. The van der Waals surface area contributed by atoms with Gasteiger partial charge in [-0.25, -0.2) is 8.42 Å². The van der Waals surface area contributed by atoms with E-state index in [1.165, 1.54) is 5.56 Å². The predicted molar refractivity (Wildman–Crippen MR) is 114 cm³/mol. The molecule has 1 unspecified atom stereocenters. The van der Waals surface area contributed by atoms with E-state index in [1.807, 2.05) is 19.1 Å². The lowest BCUT2D eigenvalue weighted by molar-refractivity contribution is 0.414. The second kappa shape index (κ2) is 10.5. The summed E-state index contributed by atoms with van der Waals surface area (Å²) in [6, 6.07) is 8.09. The molecule has 2 N–H and O–H groups in total. The van der Waals surface area contributed by atoms with Gasteiger partial charge >= 0.3 is 0 Å². The van der Waals surface area contributed by atoms with Crippen molar-refractivity contribution in [2.24, 2.45) is 4.99 Å². The molecule has 0 aliphatic heterocycles. The zero-order valence-electron chi connectivity index (χ0n) is 17.5. The number of nitrogens with one attached hydrogen (secondary N) is 2. The monoisotopic (exact) mass is 397 g/mol. The van der Waals surface area contributed by atoms with Crippen LogP contribution in [-0.4, -0.2) is 51.6 Å². The molecule has 0 saturated heterocycles. The molecule has 0 heterocycles. The Hall–Kier alpha value is -1.76. The van der Waals surface area contributed by atoms with Gasteiger partial charge in [0, 0.05) is 19.6 Å². The molecule has 6 nitrogen and oxygen atoms in total. The first kappa shape index (κ1) is 23.3. The van der Waals surface area contributed by atoms with Crippen molar-refractivity contribution in [3.63, 3.8) is 0 Å². The number of ether oxygens (including phenoxy) is 1. The Labute approximate surface area is 164 Å². The van der Waals surface area contributed by atoms with Gasteiger partial charge in [-0.3, -0.25) is 4.99 Å². The summed E-state index contributed by atoms with van der Waals surface area (Å²) in [5, 5.41) is 6.28. The van der Waals surface area contributed by atoms with Crippen LogP contribution in [0.5, 0.6) is 5.75 Å². The van der Waals surface area contributed by atoms with Crippen LogP contribution in [0.3, 0.4) is 0 Å². The number of guanidine groups is 1. The molecule has 0 aromatic heterocycles. The van der Waals surface area contributed by atoms with Crippen LogP contribution in [0.25, 0.3) is 0 Å². The van der Waals surface area contributed by atoms with E-state index < -0.39 is 14.6 Å². The topological polar surface area (TPSA) is 79.8 Å². The van der Waals surface area contributed by atoms with Gasteiger partial charge in [0.25, 0.3) is 0 Å². The quantitative estimate of drug-likeness (QED) is 0.495. The second-order valence-corrected chi connectivity index (χ2v) is 10.4. The molecule has 1 aromatic carbocycles. The molecule has 27 heavy (non-hydrogen) atoms. The summed E-state index contributed by atoms with van der Waals surface area (Å²) in [6.45, 7) is 11.1. The number of hydrogen-bond acceptors (Lipinski definition) is 4. The molecule has 0 fully saturated rings. The second-order valence-electron chi connectivity index (χ2n) is 7.58. The highest BCUT2D eigenvalue weighted by molar-refractivity contribution is 7.92. The highest BCUT2D eigenvalue weighted by Crippen LogP contribution is 2.21. The smallest absolute Gasteiger partial charge is 0.191 e. The number of aliphatic imine (C=N–C) groups is 1. The summed E-state index contributed by atoms with van der Waals surface area (Å²) < 4.78 is 28.8. The van der Waals surface area contributed by atoms with Crippen LogP contribution < -0.4 is 15.4 Å². The molecule has 1 atom stereocenters. The molecule has 0 aliphatic carbocycles. The maximum atomic E-state index is 12.2. The maximum absolute atomic E-state index is 12.2. The molecule has 0 saturated carbocycles. The van der Waals surface area contributed by atoms with Crippen molar-refractivity contribution in [2.45, 2.75) is 51.7 Å². The number of rotatable bonds is 9. The highest BCUT2D eigenvalue weighted by atomic mass is 32.2. The molecular weight excluding hydrogens is 362 g/mol. The van der Waals surface area contributed by atoms with Gasteiger partial charge in [0.05, 0.1) is 17.6 Å². The van der Waals surface area contributed by atoms with Crippen LogP contribution in [0, 0.1) is 0 Å². The average molecular weight is 398 g/mol. The zero-order chi connectivity index (χ0) is 20.5. The minimum absolute atomic E-state index is 0.0865. The minimum Gasteiger partial charge on any atom is -0.497 e. The molecule has 0 aliphatic rings. The molecule has 0 amide bonds. The van der Waals surface area contributed by atoms with Gasteiger partial charge in [0.15, 0.2) is 15.8 Å². The van der Waals surface area contributed by atoms with E-state index in [1.54, 1.807) is 27.9 Å². The first-order valence-corrected chi connectivity index (χ1v) is 11.1. The van der Waals surface area contributed by atoms with Gasteiger partial charge < -0.3 is 15.4 Å². The van der Waals surface area contributed by atoms with Crippen LogP contribution >= 0.6 is 0 Å². The Balaban J connectivity index is 2.55. The van der Waals surface area contributed by atoms with Crippen molar-refractivity contribution < 1.29 is 13.2 Å². The Morgan fingerprint density at radius 3 is 2.33 bits per heavy atom. The van der Waals surface area contributed by atoms with Crippen molar-refractivity contribution in [2.75, 3.05) is 32.5 Å². The number of sulfone groups is 1. The molecule has 0 bridgehead atoms. The number of hydrogen-bond donors (Lipinski definition) is 2. The van der Waals surface area contributed by atoms with Crippen LogP contribution in [0.15, 0.2) is 29.3 Å². The van der Waals surface area contributed by atoms with Crippen molar-refractivity contribution in [3.8, 4) is 5.75 Å². The summed E-state index contributed by atoms with van der Waals surface area (Å²) in [6.07, 6.45) is 0.906. The van der Waals surface area contributed by atoms with E-state index >= 15 is 0 Å². The number of benzene rings is 1. The molecule has 0 radical (unpaired) electrons. The third kappa shape index (κ3) is 7.79. The van der Waals surface area contributed by atoms with Gasteiger partial charge in [0.1, 0.15) is 5.75 Å². The van der Waals surface area contributed by atoms with Gasteiger partial charge in [-0.05, 0) is 57.7 Å². The zero-order valence-corrected chi connectivity index (χ0v) is 18.3. The Morgan fingerprint density at radius 2 is 1.81 bits per heavy atom. The lowest BCUT2D eigenvalue weighted by Gasteiger charge is -2.20. The highest BCUT2D eigenvalue weighted by Gasteiger charge is 2.28. The van der Waals surface area contributed by atoms with Crippen LogP contribution in [0.1, 0.15) is 52.5 Å². The van der Waals surface area contributed by atoms with Gasteiger partial charge in [-0.1, -0.05) is 19.1 Å². The molecule has 1 aromatic rings. The van der Waals surface area contributed by atoms with Crippen molar-refractivity contribution in [1.82, 2.24) is 10.6 Å². The first-order chi connectivity index (χ1) is 12.6. The van der Waals surface area contributed by atoms with Gasteiger partial charge in [-0.15, -0.1) is 0 Å². The predicted octanol–water partition coefficient (Wildman–Crippen LogP) is 2.96. The third-order valence-corrected chi connectivity index (χ3v) is 7.06. The molecule has 154 valence electrons. The van der Waals surface area contributed by atoms with Gasteiger partial charge in [-0.2, -0.15) is 0 Å². The summed E-state index contributed by atoms with van der Waals surface area (Å²) >= 11 is 0. The molecular formula is C20H35N3O3S. The summed E-state index contributed by atoms with van der Waals surface area (Å²) in [5.74, 6) is 1.98. The Morgan fingerprint density at radius 1 is 1.19 bits per heavy atom. The molecule has 7 heteroatoms. The standard InChI is InChI=1S/C20H35N3O3S/c1-7-21-19(23-14-15-27(24,25)20(3,4)5)22-13-12-16(2)17-8-10-18(26-6)11-9-17/h8-11,16H,7,12-15H2,1-6H3,(H2,21,22,23). The lowest BCUT2D eigenvalue weighted by Crippen LogP contribution is -2.41. The SMILES string of the molecule is CCNC(=NCCC(C)c1ccc(OC)cc1)NCCS(=O)(=O)C(C)(C)C.